The first-order chi connectivity index (χ1) is 14.0. The van der Waals surface area contributed by atoms with Crippen molar-refractivity contribution < 1.29 is 13.2 Å². The Bertz CT molecular complexity index is 1280. The van der Waals surface area contributed by atoms with Gasteiger partial charge in [-0.2, -0.15) is 0 Å². The molecule has 0 bridgehead atoms. The van der Waals surface area contributed by atoms with Gasteiger partial charge < -0.3 is 10.3 Å². The smallest absolute Gasteiger partial charge is 0.256 e. The molecule has 0 aliphatic carbocycles. The predicted molar refractivity (Wildman–Crippen MR) is 114 cm³/mol. The van der Waals surface area contributed by atoms with E-state index >= 15 is 0 Å². The molecule has 1 heterocycles. The first-order valence-corrected chi connectivity index (χ1v) is 10.8. The van der Waals surface area contributed by atoms with Gasteiger partial charge in [-0.3, -0.25) is 4.79 Å². The molecule has 0 saturated heterocycles. The van der Waals surface area contributed by atoms with E-state index in [0.29, 0.717) is 11.5 Å². The van der Waals surface area contributed by atoms with E-state index in [1.165, 1.54) is 12.1 Å². The number of nitrogens with zero attached hydrogens (tertiary/aromatic N) is 1. The number of rotatable bonds is 5. The van der Waals surface area contributed by atoms with Crippen LogP contribution in [-0.4, -0.2) is 30.0 Å². The first-order valence-electron chi connectivity index (χ1n) is 9.16. The van der Waals surface area contributed by atoms with Crippen molar-refractivity contribution in [3.63, 3.8) is 0 Å². The van der Waals surface area contributed by atoms with E-state index in [1.54, 1.807) is 31.2 Å². The number of nitrogens with one attached hydrogen (secondary N) is 2. The minimum absolute atomic E-state index is 0.0356. The van der Waals surface area contributed by atoms with Crippen molar-refractivity contribution >= 4 is 32.5 Å². The normalized spacial score (nSPS) is 11.5. The number of carbonyl (C=O) groups excluding carboxylic acids is 1. The molecule has 1 amide bonds. The van der Waals surface area contributed by atoms with Crippen LogP contribution in [0.2, 0.25) is 0 Å². The van der Waals surface area contributed by atoms with Crippen molar-refractivity contribution in [3.8, 4) is 11.4 Å². The second-order valence-corrected chi connectivity index (χ2v) is 8.78. The number of carbonyl (C=O) groups is 1. The van der Waals surface area contributed by atoms with Gasteiger partial charge in [0.25, 0.3) is 5.91 Å². The zero-order valence-electron chi connectivity index (χ0n) is 15.7. The van der Waals surface area contributed by atoms with Gasteiger partial charge in [0.2, 0.25) is 0 Å². The zero-order valence-corrected chi connectivity index (χ0v) is 16.5. The molecule has 4 rings (SSSR count). The van der Waals surface area contributed by atoms with E-state index in [1.807, 2.05) is 36.4 Å². The van der Waals surface area contributed by atoms with E-state index in [4.69, 9.17) is 0 Å². The molecule has 146 valence electrons. The molecule has 3 aromatic carbocycles. The molecule has 6 nitrogen and oxygen atoms in total. The van der Waals surface area contributed by atoms with Gasteiger partial charge in [0.1, 0.15) is 5.82 Å². The van der Waals surface area contributed by atoms with Crippen molar-refractivity contribution in [2.75, 3.05) is 11.1 Å². The zero-order chi connectivity index (χ0) is 20.4. The molecule has 29 heavy (non-hydrogen) atoms. The summed E-state index contributed by atoms with van der Waals surface area (Å²) in [6, 6.07) is 21.2. The van der Waals surface area contributed by atoms with Crippen molar-refractivity contribution in [1.29, 1.82) is 0 Å². The van der Waals surface area contributed by atoms with Gasteiger partial charge in [-0.25, -0.2) is 13.4 Å². The Balaban J connectivity index is 1.65. The van der Waals surface area contributed by atoms with Crippen LogP contribution >= 0.6 is 0 Å². The average molecular weight is 405 g/mol. The van der Waals surface area contributed by atoms with E-state index in [0.717, 1.165) is 16.6 Å². The molecule has 0 saturated carbocycles. The van der Waals surface area contributed by atoms with Crippen LogP contribution in [0, 0.1) is 0 Å². The maximum atomic E-state index is 12.8. The van der Waals surface area contributed by atoms with Gasteiger partial charge in [-0.15, -0.1) is 0 Å². The van der Waals surface area contributed by atoms with Crippen LogP contribution in [0.15, 0.2) is 77.7 Å². The molecule has 0 fully saturated rings. The van der Waals surface area contributed by atoms with Crippen LogP contribution < -0.4 is 5.32 Å². The van der Waals surface area contributed by atoms with E-state index in [-0.39, 0.29) is 16.2 Å². The number of aromatic amines is 1. The third-order valence-corrected chi connectivity index (χ3v) is 6.42. The Hall–Kier alpha value is -3.45. The maximum absolute atomic E-state index is 12.8. The van der Waals surface area contributed by atoms with E-state index in [2.05, 4.69) is 15.3 Å². The second-order valence-electron chi connectivity index (χ2n) is 6.54. The molecular weight excluding hydrogens is 386 g/mol. The Morgan fingerprint density at radius 1 is 1.00 bits per heavy atom. The lowest BCUT2D eigenvalue weighted by Gasteiger charge is -2.10. The van der Waals surface area contributed by atoms with Gasteiger partial charge in [-0.05, 0) is 36.4 Å². The maximum Gasteiger partial charge on any atom is 0.256 e. The number of H-pyrrole nitrogens is 1. The monoisotopic (exact) mass is 405 g/mol. The van der Waals surface area contributed by atoms with Crippen LogP contribution in [0.1, 0.15) is 17.3 Å². The number of para-hydroxylation sites is 2. The number of sulfone groups is 1. The van der Waals surface area contributed by atoms with Crippen molar-refractivity contribution in [1.82, 2.24) is 9.97 Å². The molecule has 0 atom stereocenters. The highest BCUT2D eigenvalue weighted by Crippen LogP contribution is 2.24. The summed E-state index contributed by atoms with van der Waals surface area (Å²) >= 11 is 0. The Labute approximate surface area is 168 Å². The van der Waals surface area contributed by atoms with Gasteiger partial charge in [-0.1, -0.05) is 43.3 Å². The molecule has 0 aliphatic rings. The molecule has 0 spiro atoms. The van der Waals surface area contributed by atoms with E-state index in [9.17, 15) is 13.2 Å². The number of hydrogen-bond acceptors (Lipinski definition) is 4. The molecule has 7 heteroatoms. The van der Waals surface area contributed by atoms with Gasteiger partial charge in [0.15, 0.2) is 9.84 Å². The third-order valence-electron chi connectivity index (χ3n) is 4.63. The minimum atomic E-state index is -3.51. The number of anilines is 1. The van der Waals surface area contributed by atoms with Crippen molar-refractivity contribution in [3.05, 3.63) is 78.4 Å². The highest BCUT2D eigenvalue weighted by atomic mass is 32.2. The molecular formula is C22H19N3O3S. The molecule has 0 unspecified atom stereocenters. The summed E-state index contributed by atoms with van der Waals surface area (Å²) in [6.45, 7) is 1.56. The summed E-state index contributed by atoms with van der Waals surface area (Å²) in [5, 5.41) is 2.79. The lowest BCUT2D eigenvalue weighted by molar-refractivity contribution is 0.102. The topological polar surface area (TPSA) is 91.9 Å². The van der Waals surface area contributed by atoms with E-state index < -0.39 is 15.7 Å². The Morgan fingerprint density at radius 3 is 2.55 bits per heavy atom. The van der Waals surface area contributed by atoms with Crippen molar-refractivity contribution in [2.45, 2.75) is 11.8 Å². The SMILES string of the molecule is CCS(=O)(=O)c1ccccc1C(=O)Nc1cccc(-c2nc3ccccc3[nH]2)c1. The first kappa shape index (κ1) is 18.9. The van der Waals surface area contributed by atoms with Gasteiger partial charge >= 0.3 is 0 Å². The number of hydrogen-bond donors (Lipinski definition) is 2. The van der Waals surface area contributed by atoms with Gasteiger partial charge in [0.05, 0.1) is 27.2 Å². The number of imidazole rings is 1. The molecule has 1 aromatic heterocycles. The van der Waals surface area contributed by atoms with Crippen LogP contribution in [-0.2, 0) is 9.84 Å². The quantitative estimate of drug-likeness (QED) is 0.518. The standard InChI is InChI=1S/C22H19N3O3S/c1-2-29(27,28)20-13-6-3-10-17(20)22(26)23-16-9-7-8-15(14-16)21-24-18-11-4-5-12-19(18)25-21/h3-14H,2H2,1H3,(H,23,26)(H,24,25). The fourth-order valence-corrected chi connectivity index (χ4v) is 4.21. The second kappa shape index (κ2) is 7.52. The minimum Gasteiger partial charge on any atom is -0.338 e. The lowest BCUT2D eigenvalue weighted by Crippen LogP contribution is -2.17. The fourth-order valence-electron chi connectivity index (χ4n) is 3.11. The third kappa shape index (κ3) is 3.77. The lowest BCUT2D eigenvalue weighted by atomic mass is 10.1. The molecule has 0 radical (unpaired) electrons. The summed E-state index contributed by atoms with van der Waals surface area (Å²) in [7, 11) is -3.51. The molecule has 0 aliphatic heterocycles. The Morgan fingerprint density at radius 2 is 1.76 bits per heavy atom. The summed E-state index contributed by atoms with van der Waals surface area (Å²) < 4.78 is 24.6. The Kier molecular flexibility index (Phi) is 4.90. The van der Waals surface area contributed by atoms with Crippen LogP contribution in [0.25, 0.3) is 22.4 Å². The number of benzene rings is 3. The number of aromatic nitrogens is 2. The summed E-state index contributed by atoms with van der Waals surface area (Å²) in [5.74, 6) is 0.148. The van der Waals surface area contributed by atoms with Crippen LogP contribution in [0.3, 0.4) is 0 Å². The van der Waals surface area contributed by atoms with Gasteiger partial charge in [0, 0.05) is 11.3 Å². The highest BCUT2D eigenvalue weighted by Gasteiger charge is 2.20. The van der Waals surface area contributed by atoms with Crippen LogP contribution in [0.5, 0.6) is 0 Å². The van der Waals surface area contributed by atoms with Crippen LogP contribution in [0.4, 0.5) is 5.69 Å². The highest BCUT2D eigenvalue weighted by molar-refractivity contribution is 7.91. The fraction of sp³-hybridized carbons (Fsp3) is 0.0909. The molecule has 4 aromatic rings. The van der Waals surface area contributed by atoms with Crippen molar-refractivity contribution in [2.24, 2.45) is 0 Å². The number of amides is 1. The number of fused-ring (bicyclic) bond motifs is 1. The summed E-state index contributed by atoms with van der Waals surface area (Å²) in [5.41, 5.74) is 3.28. The summed E-state index contributed by atoms with van der Waals surface area (Å²) in [6.07, 6.45) is 0. The largest absolute Gasteiger partial charge is 0.338 e. The summed E-state index contributed by atoms with van der Waals surface area (Å²) in [4.78, 5) is 20.7. The predicted octanol–water partition coefficient (Wildman–Crippen LogP) is 4.28. The molecule has 2 N–H and O–H groups in total. The average Bonchev–Trinajstić information content (AvgIpc) is 3.18.